The first-order chi connectivity index (χ1) is 8.16. The second-order valence-corrected chi connectivity index (χ2v) is 5.10. The number of unbranched alkanes of at least 4 members (excludes halogenated alkanes) is 4. The quantitative estimate of drug-likeness (QED) is 0.686. The molecule has 104 valence electrons. The predicted molar refractivity (Wildman–Crippen MR) is 83.5 cm³/mol. The standard InChI is InChI=1S/C16H27N.ClH/c1-4-5-6-7-8-12-16(17)15-11-9-10-13(2)14(15)3;/h9-11,16H,4-8,12,17H2,1-3H3;1H. The highest BCUT2D eigenvalue weighted by molar-refractivity contribution is 5.85. The Kier molecular flexibility index (Phi) is 9.13. The molecule has 0 aliphatic heterocycles. The van der Waals surface area contributed by atoms with Crippen LogP contribution >= 0.6 is 12.4 Å². The molecule has 0 saturated carbocycles. The fourth-order valence-electron chi connectivity index (χ4n) is 2.30. The van der Waals surface area contributed by atoms with E-state index in [1.54, 1.807) is 0 Å². The lowest BCUT2D eigenvalue weighted by molar-refractivity contribution is 0.554. The van der Waals surface area contributed by atoms with E-state index >= 15 is 0 Å². The van der Waals surface area contributed by atoms with E-state index in [0.29, 0.717) is 0 Å². The summed E-state index contributed by atoms with van der Waals surface area (Å²) in [6, 6.07) is 6.68. The highest BCUT2D eigenvalue weighted by atomic mass is 35.5. The number of hydrogen-bond acceptors (Lipinski definition) is 1. The Balaban J connectivity index is 0.00000289. The maximum atomic E-state index is 6.28. The zero-order valence-corrected chi connectivity index (χ0v) is 12.9. The Morgan fingerprint density at radius 1 is 1.06 bits per heavy atom. The topological polar surface area (TPSA) is 26.0 Å². The summed E-state index contributed by atoms with van der Waals surface area (Å²) in [5.74, 6) is 0. The molecule has 1 aromatic carbocycles. The van der Waals surface area contributed by atoms with E-state index in [9.17, 15) is 0 Å². The Morgan fingerprint density at radius 2 is 1.72 bits per heavy atom. The van der Waals surface area contributed by atoms with Crippen molar-refractivity contribution in [1.29, 1.82) is 0 Å². The van der Waals surface area contributed by atoms with E-state index in [0.717, 1.165) is 6.42 Å². The second kappa shape index (κ2) is 9.41. The lowest BCUT2D eigenvalue weighted by atomic mass is 9.94. The Hall–Kier alpha value is -0.530. The minimum absolute atomic E-state index is 0. The summed E-state index contributed by atoms with van der Waals surface area (Å²) in [6.45, 7) is 6.59. The molecule has 0 fully saturated rings. The molecule has 1 atom stereocenters. The summed E-state index contributed by atoms with van der Waals surface area (Å²) < 4.78 is 0. The van der Waals surface area contributed by atoms with Gasteiger partial charge >= 0.3 is 0 Å². The molecule has 1 unspecified atom stereocenters. The molecule has 0 aromatic heterocycles. The van der Waals surface area contributed by atoms with Crippen LogP contribution in [-0.4, -0.2) is 0 Å². The smallest absolute Gasteiger partial charge is 0.0297 e. The van der Waals surface area contributed by atoms with Crippen LogP contribution in [0, 0.1) is 13.8 Å². The molecular formula is C16H28ClN. The Bertz CT molecular complexity index is 336. The maximum absolute atomic E-state index is 6.28. The van der Waals surface area contributed by atoms with Gasteiger partial charge in [-0.15, -0.1) is 12.4 Å². The van der Waals surface area contributed by atoms with Crippen molar-refractivity contribution in [2.45, 2.75) is 65.3 Å². The van der Waals surface area contributed by atoms with Crippen LogP contribution in [0.2, 0.25) is 0 Å². The largest absolute Gasteiger partial charge is 0.324 e. The van der Waals surface area contributed by atoms with Crippen molar-refractivity contribution in [3.8, 4) is 0 Å². The SMILES string of the molecule is CCCCCCCC(N)c1cccc(C)c1C.Cl. The molecule has 0 saturated heterocycles. The summed E-state index contributed by atoms with van der Waals surface area (Å²) in [5, 5.41) is 0. The van der Waals surface area contributed by atoms with Crippen LogP contribution in [0.4, 0.5) is 0 Å². The van der Waals surface area contributed by atoms with Gasteiger partial charge in [0, 0.05) is 6.04 Å². The molecule has 0 radical (unpaired) electrons. The fraction of sp³-hybridized carbons (Fsp3) is 0.625. The van der Waals surface area contributed by atoms with Crippen molar-refractivity contribution in [1.82, 2.24) is 0 Å². The molecule has 0 bridgehead atoms. The Labute approximate surface area is 119 Å². The number of rotatable bonds is 7. The van der Waals surface area contributed by atoms with Gasteiger partial charge in [0.05, 0.1) is 0 Å². The van der Waals surface area contributed by atoms with Crippen LogP contribution in [0.1, 0.15) is 68.2 Å². The Morgan fingerprint density at radius 3 is 2.39 bits per heavy atom. The molecule has 2 N–H and O–H groups in total. The van der Waals surface area contributed by atoms with Gasteiger partial charge in [0.1, 0.15) is 0 Å². The third-order valence-corrected chi connectivity index (χ3v) is 3.66. The highest BCUT2D eigenvalue weighted by Crippen LogP contribution is 2.23. The molecule has 0 aliphatic rings. The molecule has 1 rings (SSSR count). The van der Waals surface area contributed by atoms with E-state index in [4.69, 9.17) is 5.73 Å². The summed E-state index contributed by atoms with van der Waals surface area (Å²) in [4.78, 5) is 0. The van der Waals surface area contributed by atoms with Crippen molar-refractivity contribution >= 4 is 12.4 Å². The summed E-state index contributed by atoms with van der Waals surface area (Å²) in [5.41, 5.74) is 10.3. The average Bonchev–Trinajstić information content (AvgIpc) is 2.32. The zero-order chi connectivity index (χ0) is 12.7. The predicted octanol–water partition coefficient (Wildman–Crippen LogP) is 5.09. The first kappa shape index (κ1) is 17.5. The maximum Gasteiger partial charge on any atom is 0.0297 e. The van der Waals surface area contributed by atoms with Crippen LogP contribution in [-0.2, 0) is 0 Å². The van der Waals surface area contributed by atoms with Crippen LogP contribution in [0.3, 0.4) is 0 Å². The number of benzene rings is 1. The number of halogens is 1. The van der Waals surface area contributed by atoms with Gasteiger partial charge in [-0.1, -0.05) is 57.2 Å². The highest BCUT2D eigenvalue weighted by Gasteiger charge is 2.09. The lowest BCUT2D eigenvalue weighted by Gasteiger charge is -2.16. The average molecular weight is 270 g/mol. The zero-order valence-electron chi connectivity index (χ0n) is 12.0. The van der Waals surface area contributed by atoms with E-state index in [1.165, 1.54) is 48.8 Å². The van der Waals surface area contributed by atoms with E-state index in [-0.39, 0.29) is 18.4 Å². The van der Waals surface area contributed by atoms with Gasteiger partial charge in [-0.3, -0.25) is 0 Å². The molecule has 1 nitrogen and oxygen atoms in total. The van der Waals surface area contributed by atoms with Crippen LogP contribution < -0.4 is 5.73 Å². The summed E-state index contributed by atoms with van der Waals surface area (Å²) in [6.07, 6.45) is 7.73. The number of aryl methyl sites for hydroxylation is 1. The van der Waals surface area contributed by atoms with Gasteiger partial charge in [0.2, 0.25) is 0 Å². The second-order valence-electron chi connectivity index (χ2n) is 5.10. The lowest BCUT2D eigenvalue weighted by Crippen LogP contribution is -2.12. The van der Waals surface area contributed by atoms with E-state index < -0.39 is 0 Å². The minimum Gasteiger partial charge on any atom is -0.324 e. The molecule has 0 aliphatic carbocycles. The van der Waals surface area contributed by atoms with Crippen molar-refractivity contribution in [3.63, 3.8) is 0 Å². The van der Waals surface area contributed by atoms with Gasteiger partial charge in [0.15, 0.2) is 0 Å². The summed E-state index contributed by atoms with van der Waals surface area (Å²) in [7, 11) is 0. The molecule has 2 heteroatoms. The normalized spacial score (nSPS) is 12.0. The van der Waals surface area contributed by atoms with Gasteiger partial charge in [0.25, 0.3) is 0 Å². The first-order valence-corrected chi connectivity index (χ1v) is 6.98. The minimum atomic E-state index is 0. The van der Waals surface area contributed by atoms with Crippen LogP contribution in [0.5, 0.6) is 0 Å². The fourth-order valence-corrected chi connectivity index (χ4v) is 2.30. The van der Waals surface area contributed by atoms with Gasteiger partial charge in [-0.25, -0.2) is 0 Å². The number of nitrogens with two attached hydrogens (primary N) is 1. The molecule has 0 spiro atoms. The van der Waals surface area contributed by atoms with Crippen LogP contribution in [0.15, 0.2) is 18.2 Å². The summed E-state index contributed by atoms with van der Waals surface area (Å²) >= 11 is 0. The number of hydrogen-bond donors (Lipinski definition) is 1. The first-order valence-electron chi connectivity index (χ1n) is 6.98. The molecule has 0 amide bonds. The van der Waals surface area contributed by atoms with Gasteiger partial charge < -0.3 is 5.73 Å². The van der Waals surface area contributed by atoms with E-state index in [1.807, 2.05) is 0 Å². The van der Waals surface area contributed by atoms with Gasteiger partial charge in [-0.05, 0) is 37.0 Å². The molecule has 0 heterocycles. The van der Waals surface area contributed by atoms with Crippen molar-refractivity contribution < 1.29 is 0 Å². The molecule has 1 aromatic rings. The molecule has 18 heavy (non-hydrogen) atoms. The van der Waals surface area contributed by atoms with Crippen molar-refractivity contribution in [2.24, 2.45) is 5.73 Å². The van der Waals surface area contributed by atoms with E-state index in [2.05, 4.69) is 39.0 Å². The molecular weight excluding hydrogens is 242 g/mol. The van der Waals surface area contributed by atoms with Crippen molar-refractivity contribution in [3.05, 3.63) is 34.9 Å². The monoisotopic (exact) mass is 269 g/mol. The van der Waals surface area contributed by atoms with Crippen molar-refractivity contribution in [2.75, 3.05) is 0 Å². The third-order valence-electron chi connectivity index (χ3n) is 3.66. The van der Waals surface area contributed by atoms with Gasteiger partial charge in [-0.2, -0.15) is 0 Å². The third kappa shape index (κ3) is 5.41. The van der Waals surface area contributed by atoms with Crippen LogP contribution in [0.25, 0.3) is 0 Å².